The minimum absolute atomic E-state index is 0.374. The number of halogens is 2. The van der Waals surface area contributed by atoms with Crippen molar-refractivity contribution >= 4 is 23.2 Å². The Morgan fingerprint density at radius 2 is 2.00 bits per heavy atom. The molecule has 0 saturated heterocycles. The highest BCUT2D eigenvalue weighted by Gasteiger charge is 2.04. The Bertz CT molecular complexity index is 585. The summed E-state index contributed by atoms with van der Waals surface area (Å²) in [6, 6.07) is 9.63. The highest BCUT2D eigenvalue weighted by Crippen LogP contribution is 2.27. The van der Waals surface area contributed by atoms with E-state index >= 15 is 0 Å². The van der Waals surface area contributed by atoms with Crippen LogP contribution in [-0.2, 0) is 13.2 Å². The number of ether oxygens (including phenoxy) is 1. The number of hydrogen-bond acceptors (Lipinski definition) is 3. The molecular weight excluding hydrogens is 307 g/mol. The van der Waals surface area contributed by atoms with Crippen LogP contribution in [0.5, 0.6) is 5.75 Å². The van der Waals surface area contributed by atoms with E-state index < -0.39 is 0 Å². The first-order valence-corrected chi connectivity index (χ1v) is 7.55. The third kappa shape index (κ3) is 5.20. The lowest BCUT2D eigenvalue weighted by atomic mass is 10.2. The van der Waals surface area contributed by atoms with Gasteiger partial charge in [-0.05, 0) is 29.8 Å². The van der Waals surface area contributed by atoms with Crippen molar-refractivity contribution in [3.63, 3.8) is 0 Å². The standard InChI is InChI=1S/C16H18Cl2N2O/c1-11(2)19-8-12-3-5-14(20-9-12)10-21-16-6-4-13(17)7-15(16)18/h3-7,9,11,19H,8,10H2,1-2H3. The number of rotatable bonds is 6. The molecular formula is C16H18Cl2N2O. The summed E-state index contributed by atoms with van der Waals surface area (Å²) in [7, 11) is 0. The molecule has 2 aromatic rings. The average molecular weight is 325 g/mol. The predicted molar refractivity (Wildman–Crippen MR) is 87.0 cm³/mol. The van der Waals surface area contributed by atoms with Crippen molar-refractivity contribution in [3.05, 3.63) is 57.8 Å². The predicted octanol–water partition coefficient (Wildman–Crippen LogP) is 4.47. The molecule has 3 nitrogen and oxygen atoms in total. The van der Waals surface area contributed by atoms with Gasteiger partial charge in [-0.3, -0.25) is 4.98 Å². The van der Waals surface area contributed by atoms with Gasteiger partial charge in [0.25, 0.3) is 0 Å². The maximum atomic E-state index is 6.05. The van der Waals surface area contributed by atoms with Gasteiger partial charge < -0.3 is 10.1 Å². The third-order valence-corrected chi connectivity index (χ3v) is 3.40. The molecule has 1 heterocycles. The summed E-state index contributed by atoms with van der Waals surface area (Å²) in [5.41, 5.74) is 2.01. The van der Waals surface area contributed by atoms with Gasteiger partial charge in [0, 0.05) is 23.8 Å². The Hall–Kier alpha value is -1.29. The van der Waals surface area contributed by atoms with Crippen LogP contribution in [-0.4, -0.2) is 11.0 Å². The van der Waals surface area contributed by atoms with Crippen molar-refractivity contribution in [1.29, 1.82) is 0 Å². The van der Waals surface area contributed by atoms with Crippen LogP contribution < -0.4 is 10.1 Å². The van der Waals surface area contributed by atoms with E-state index in [4.69, 9.17) is 27.9 Å². The quantitative estimate of drug-likeness (QED) is 0.851. The number of nitrogens with one attached hydrogen (secondary N) is 1. The van der Waals surface area contributed by atoms with Crippen LogP contribution >= 0.6 is 23.2 Å². The Balaban J connectivity index is 1.91. The Labute approximate surface area is 135 Å². The van der Waals surface area contributed by atoms with E-state index in [1.165, 1.54) is 0 Å². The van der Waals surface area contributed by atoms with Crippen LogP contribution in [0.2, 0.25) is 10.0 Å². The maximum absolute atomic E-state index is 6.05. The molecule has 5 heteroatoms. The van der Waals surface area contributed by atoms with Crippen molar-refractivity contribution < 1.29 is 4.74 Å². The van der Waals surface area contributed by atoms with Gasteiger partial charge in [0.15, 0.2) is 0 Å². The van der Waals surface area contributed by atoms with E-state index in [9.17, 15) is 0 Å². The summed E-state index contributed by atoms with van der Waals surface area (Å²) >= 11 is 11.9. The zero-order valence-electron chi connectivity index (χ0n) is 12.1. The molecule has 0 aliphatic heterocycles. The molecule has 0 unspecified atom stereocenters. The summed E-state index contributed by atoms with van der Waals surface area (Å²) in [4.78, 5) is 4.38. The van der Waals surface area contributed by atoms with Crippen LogP contribution in [0.3, 0.4) is 0 Å². The second-order valence-corrected chi connectivity index (χ2v) is 5.90. The van der Waals surface area contributed by atoms with Gasteiger partial charge in [0.2, 0.25) is 0 Å². The van der Waals surface area contributed by atoms with Gasteiger partial charge >= 0.3 is 0 Å². The van der Waals surface area contributed by atoms with E-state index in [2.05, 4.69) is 24.1 Å². The summed E-state index contributed by atoms with van der Waals surface area (Å²) in [6.07, 6.45) is 1.86. The lowest BCUT2D eigenvalue weighted by molar-refractivity contribution is 0.301. The molecule has 0 radical (unpaired) electrons. The van der Waals surface area contributed by atoms with Crippen molar-refractivity contribution in [2.75, 3.05) is 0 Å². The van der Waals surface area contributed by atoms with Crippen LogP contribution in [0.25, 0.3) is 0 Å². The molecule has 1 aromatic heterocycles. The molecule has 0 saturated carbocycles. The third-order valence-electron chi connectivity index (χ3n) is 2.87. The monoisotopic (exact) mass is 324 g/mol. The van der Waals surface area contributed by atoms with Gasteiger partial charge in [-0.1, -0.05) is 43.1 Å². The highest BCUT2D eigenvalue weighted by molar-refractivity contribution is 6.35. The zero-order valence-corrected chi connectivity index (χ0v) is 13.6. The van der Waals surface area contributed by atoms with Crippen molar-refractivity contribution in [2.24, 2.45) is 0 Å². The molecule has 0 spiro atoms. The lowest BCUT2D eigenvalue weighted by Crippen LogP contribution is -2.21. The smallest absolute Gasteiger partial charge is 0.138 e. The van der Waals surface area contributed by atoms with E-state index in [0.717, 1.165) is 17.8 Å². The Morgan fingerprint density at radius 1 is 1.19 bits per heavy atom. The van der Waals surface area contributed by atoms with Crippen molar-refractivity contribution in [3.8, 4) is 5.75 Å². The molecule has 1 aromatic carbocycles. The van der Waals surface area contributed by atoms with E-state index in [1.807, 2.05) is 18.3 Å². The summed E-state index contributed by atoms with van der Waals surface area (Å²) in [5, 5.41) is 4.44. The first kappa shape index (κ1) is 16.1. The van der Waals surface area contributed by atoms with E-state index in [1.54, 1.807) is 18.2 Å². The highest BCUT2D eigenvalue weighted by atomic mass is 35.5. The fourth-order valence-corrected chi connectivity index (χ4v) is 2.17. The van der Waals surface area contributed by atoms with E-state index in [-0.39, 0.29) is 0 Å². The molecule has 21 heavy (non-hydrogen) atoms. The molecule has 0 fully saturated rings. The number of pyridine rings is 1. The topological polar surface area (TPSA) is 34.1 Å². The molecule has 0 bridgehead atoms. The summed E-state index contributed by atoms with van der Waals surface area (Å²) in [5.74, 6) is 0.605. The largest absolute Gasteiger partial charge is 0.486 e. The maximum Gasteiger partial charge on any atom is 0.138 e. The first-order valence-electron chi connectivity index (χ1n) is 6.79. The van der Waals surface area contributed by atoms with Crippen LogP contribution in [0.1, 0.15) is 25.1 Å². The number of hydrogen-bond donors (Lipinski definition) is 1. The van der Waals surface area contributed by atoms with Gasteiger partial charge in [-0.2, -0.15) is 0 Å². The number of aromatic nitrogens is 1. The van der Waals surface area contributed by atoms with Crippen LogP contribution in [0, 0.1) is 0 Å². The van der Waals surface area contributed by atoms with Crippen LogP contribution in [0.15, 0.2) is 36.5 Å². The lowest BCUT2D eigenvalue weighted by Gasteiger charge is -2.10. The van der Waals surface area contributed by atoms with E-state index in [0.29, 0.717) is 28.4 Å². The van der Waals surface area contributed by atoms with Gasteiger partial charge in [0.05, 0.1) is 10.7 Å². The molecule has 1 N–H and O–H groups in total. The molecule has 0 amide bonds. The molecule has 0 aliphatic rings. The molecule has 0 atom stereocenters. The van der Waals surface area contributed by atoms with Gasteiger partial charge in [-0.25, -0.2) is 0 Å². The summed E-state index contributed by atoms with van der Waals surface area (Å²) < 4.78 is 5.65. The van der Waals surface area contributed by atoms with Gasteiger partial charge in [-0.15, -0.1) is 0 Å². The Kier molecular flexibility index (Phi) is 5.85. The fourth-order valence-electron chi connectivity index (χ4n) is 1.71. The molecule has 112 valence electrons. The average Bonchev–Trinajstić information content (AvgIpc) is 2.45. The van der Waals surface area contributed by atoms with Crippen molar-refractivity contribution in [2.45, 2.75) is 33.0 Å². The second-order valence-electron chi connectivity index (χ2n) is 5.06. The zero-order chi connectivity index (χ0) is 15.2. The SMILES string of the molecule is CC(C)NCc1ccc(COc2ccc(Cl)cc2Cl)nc1. The number of nitrogens with zero attached hydrogens (tertiary/aromatic N) is 1. The molecule has 0 aliphatic carbocycles. The molecule has 2 rings (SSSR count). The Morgan fingerprint density at radius 3 is 2.62 bits per heavy atom. The normalized spacial score (nSPS) is 10.9. The fraction of sp³-hybridized carbons (Fsp3) is 0.312. The summed E-state index contributed by atoms with van der Waals surface area (Å²) in [6.45, 7) is 5.42. The van der Waals surface area contributed by atoms with Gasteiger partial charge in [0.1, 0.15) is 12.4 Å². The minimum Gasteiger partial charge on any atom is -0.486 e. The first-order chi connectivity index (χ1) is 10.0. The number of benzene rings is 1. The van der Waals surface area contributed by atoms with Crippen molar-refractivity contribution in [1.82, 2.24) is 10.3 Å². The minimum atomic E-state index is 0.374. The van der Waals surface area contributed by atoms with Crippen LogP contribution in [0.4, 0.5) is 0 Å². The second kappa shape index (κ2) is 7.64.